The first-order valence-electron chi connectivity index (χ1n) is 10.6. The van der Waals surface area contributed by atoms with Crippen molar-refractivity contribution < 1.29 is 4.79 Å². The lowest BCUT2D eigenvalue weighted by atomic mass is 9.96. The van der Waals surface area contributed by atoms with Gasteiger partial charge in [-0.3, -0.25) is 9.69 Å². The molecule has 3 nitrogen and oxygen atoms in total. The van der Waals surface area contributed by atoms with Gasteiger partial charge in [-0.1, -0.05) is 59.6 Å². The van der Waals surface area contributed by atoms with Gasteiger partial charge in [-0.2, -0.15) is 0 Å². The van der Waals surface area contributed by atoms with Crippen LogP contribution < -0.4 is 5.32 Å². The summed E-state index contributed by atoms with van der Waals surface area (Å²) in [5.41, 5.74) is 3.18. The third-order valence-electron chi connectivity index (χ3n) is 5.66. The number of halogens is 1. The molecule has 0 aliphatic carbocycles. The van der Waals surface area contributed by atoms with E-state index in [4.69, 9.17) is 0 Å². The molecule has 1 atom stereocenters. The first-order valence-corrected chi connectivity index (χ1v) is 12.2. The molecule has 3 aromatic rings. The monoisotopic (exact) mass is 482 g/mol. The number of nitrogens with zero attached hydrogens (tertiary/aromatic N) is 1. The molecule has 1 aliphatic heterocycles. The van der Waals surface area contributed by atoms with Crippen LogP contribution in [0.4, 0.5) is 5.00 Å². The Morgan fingerprint density at radius 1 is 1.07 bits per heavy atom. The van der Waals surface area contributed by atoms with E-state index in [1.165, 1.54) is 35.3 Å². The zero-order valence-corrected chi connectivity index (χ0v) is 19.6. The Labute approximate surface area is 191 Å². The molecule has 30 heavy (non-hydrogen) atoms. The molecule has 0 bridgehead atoms. The summed E-state index contributed by atoms with van der Waals surface area (Å²) in [6, 6.07) is 20.5. The van der Waals surface area contributed by atoms with E-state index in [1.807, 2.05) is 30.3 Å². The first-order chi connectivity index (χ1) is 14.7. The smallest absolute Gasteiger partial charge is 0.256 e. The molecule has 4 rings (SSSR count). The molecule has 1 amide bonds. The van der Waals surface area contributed by atoms with Gasteiger partial charge in [-0.05, 0) is 68.2 Å². The van der Waals surface area contributed by atoms with Crippen LogP contribution in [0.3, 0.4) is 0 Å². The quantitative estimate of drug-likeness (QED) is 0.414. The highest BCUT2D eigenvalue weighted by molar-refractivity contribution is 9.10. The lowest BCUT2D eigenvalue weighted by Gasteiger charge is -2.35. The van der Waals surface area contributed by atoms with E-state index in [-0.39, 0.29) is 11.9 Å². The van der Waals surface area contributed by atoms with Crippen molar-refractivity contribution in [2.75, 3.05) is 18.4 Å². The predicted octanol–water partition coefficient (Wildman–Crippen LogP) is 6.90. The Kier molecular flexibility index (Phi) is 7.03. The van der Waals surface area contributed by atoms with E-state index in [0.29, 0.717) is 5.56 Å². The number of carbonyl (C=O) groups is 1. The van der Waals surface area contributed by atoms with Gasteiger partial charge in [-0.25, -0.2) is 0 Å². The summed E-state index contributed by atoms with van der Waals surface area (Å²) >= 11 is 5.27. The zero-order chi connectivity index (χ0) is 20.9. The van der Waals surface area contributed by atoms with Gasteiger partial charge in [0.15, 0.2) is 0 Å². The van der Waals surface area contributed by atoms with Crippen LogP contribution in [-0.2, 0) is 6.42 Å². The highest BCUT2D eigenvalue weighted by atomic mass is 79.9. The zero-order valence-electron chi connectivity index (χ0n) is 17.2. The van der Waals surface area contributed by atoms with Gasteiger partial charge in [0.2, 0.25) is 0 Å². The summed E-state index contributed by atoms with van der Waals surface area (Å²) in [5.74, 6) is -0.0467. The summed E-state index contributed by atoms with van der Waals surface area (Å²) in [7, 11) is 0. The lowest BCUT2D eigenvalue weighted by Crippen LogP contribution is -2.34. The summed E-state index contributed by atoms with van der Waals surface area (Å²) in [6.07, 6.45) is 4.71. The number of piperidine rings is 1. The first kappa shape index (κ1) is 21.3. The van der Waals surface area contributed by atoms with Gasteiger partial charge in [-0.15, -0.1) is 11.3 Å². The standard InChI is InChI=1S/C25H27BrN2OS/c1-2-21-17-22(25(30-21)27-24(29)19-9-5-3-6-10-19)23(28-15-7-4-8-16-28)18-11-13-20(26)14-12-18/h3,5-6,9-14,17,23H,2,4,7-8,15-16H2,1H3,(H,27,29)/t23-/m1/s1. The molecule has 2 heterocycles. The molecule has 1 aromatic heterocycles. The van der Waals surface area contributed by atoms with Crippen molar-refractivity contribution in [3.63, 3.8) is 0 Å². The van der Waals surface area contributed by atoms with Crippen molar-refractivity contribution >= 4 is 38.2 Å². The minimum atomic E-state index is -0.0467. The third kappa shape index (κ3) is 4.85. The Hall–Kier alpha value is -1.95. The van der Waals surface area contributed by atoms with E-state index in [2.05, 4.69) is 63.4 Å². The summed E-state index contributed by atoms with van der Waals surface area (Å²) < 4.78 is 1.08. The second-order valence-electron chi connectivity index (χ2n) is 7.72. The molecule has 1 saturated heterocycles. The third-order valence-corrected chi connectivity index (χ3v) is 7.40. The van der Waals surface area contributed by atoms with E-state index in [0.717, 1.165) is 29.0 Å². The molecular formula is C25H27BrN2OS. The van der Waals surface area contributed by atoms with E-state index in [9.17, 15) is 4.79 Å². The van der Waals surface area contributed by atoms with Crippen LogP contribution in [-0.4, -0.2) is 23.9 Å². The maximum atomic E-state index is 12.9. The molecule has 1 fully saturated rings. The summed E-state index contributed by atoms with van der Waals surface area (Å²) in [6.45, 7) is 4.35. The molecule has 0 spiro atoms. The van der Waals surface area contributed by atoms with Crippen LogP contribution in [0.25, 0.3) is 0 Å². The van der Waals surface area contributed by atoms with Crippen molar-refractivity contribution in [3.8, 4) is 0 Å². The van der Waals surface area contributed by atoms with Gasteiger partial charge in [0.05, 0.1) is 6.04 Å². The molecular weight excluding hydrogens is 456 g/mol. The van der Waals surface area contributed by atoms with Crippen molar-refractivity contribution in [2.24, 2.45) is 0 Å². The largest absolute Gasteiger partial charge is 0.313 e. The lowest BCUT2D eigenvalue weighted by molar-refractivity contribution is 0.102. The predicted molar refractivity (Wildman–Crippen MR) is 130 cm³/mol. The average Bonchev–Trinajstić information content (AvgIpc) is 3.19. The van der Waals surface area contributed by atoms with Crippen LogP contribution in [0.1, 0.15) is 58.6 Å². The minimum Gasteiger partial charge on any atom is -0.313 e. The fraction of sp³-hybridized carbons (Fsp3) is 0.320. The Morgan fingerprint density at radius 3 is 2.43 bits per heavy atom. The second-order valence-corrected chi connectivity index (χ2v) is 9.77. The number of benzene rings is 2. The van der Waals surface area contributed by atoms with Crippen LogP contribution in [0.15, 0.2) is 65.1 Å². The number of anilines is 1. The number of likely N-dealkylation sites (tertiary alicyclic amines) is 1. The maximum Gasteiger partial charge on any atom is 0.256 e. The summed E-state index contributed by atoms with van der Waals surface area (Å²) in [5, 5.41) is 4.20. The van der Waals surface area contributed by atoms with Gasteiger partial charge >= 0.3 is 0 Å². The van der Waals surface area contributed by atoms with Crippen LogP contribution in [0, 0.1) is 0 Å². The summed E-state index contributed by atoms with van der Waals surface area (Å²) in [4.78, 5) is 16.8. The molecule has 0 radical (unpaired) electrons. The normalized spacial score (nSPS) is 15.7. The van der Waals surface area contributed by atoms with Gasteiger partial charge in [0.1, 0.15) is 5.00 Å². The van der Waals surface area contributed by atoms with Crippen LogP contribution in [0.2, 0.25) is 0 Å². The number of rotatable bonds is 6. The fourth-order valence-electron chi connectivity index (χ4n) is 4.11. The molecule has 156 valence electrons. The van der Waals surface area contributed by atoms with E-state index < -0.39 is 0 Å². The SMILES string of the molecule is CCc1cc([C@@H](c2ccc(Br)cc2)N2CCCCC2)c(NC(=O)c2ccccc2)s1. The van der Waals surface area contributed by atoms with Gasteiger partial charge in [0.25, 0.3) is 5.91 Å². The molecule has 5 heteroatoms. The molecule has 1 N–H and O–H groups in total. The Morgan fingerprint density at radius 2 is 1.77 bits per heavy atom. The van der Waals surface area contributed by atoms with Crippen molar-refractivity contribution in [3.05, 3.63) is 86.7 Å². The fourth-order valence-corrected chi connectivity index (χ4v) is 5.40. The van der Waals surface area contributed by atoms with Gasteiger partial charge < -0.3 is 5.32 Å². The number of carbonyl (C=O) groups excluding carboxylic acids is 1. The Bertz CT molecular complexity index is 978. The molecule has 2 aromatic carbocycles. The number of thiophene rings is 1. The highest BCUT2D eigenvalue weighted by Gasteiger charge is 2.28. The number of amides is 1. The number of hydrogen-bond donors (Lipinski definition) is 1. The average molecular weight is 483 g/mol. The number of hydrogen-bond acceptors (Lipinski definition) is 3. The van der Waals surface area contributed by atoms with Crippen LogP contribution >= 0.6 is 27.3 Å². The van der Waals surface area contributed by atoms with Crippen molar-refractivity contribution in [2.45, 2.75) is 38.6 Å². The van der Waals surface area contributed by atoms with Crippen molar-refractivity contribution in [1.82, 2.24) is 4.90 Å². The van der Waals surface area contributed by atoms with E-state index in [1.54, 1.807) is 11.3 Å². The van der Waals surface area contributed by atoms with Gasteiger partial charge in [0, 0.05) is 20.5 Å². The number of nitrogens with one attached hydrogen (secondary N) is 1. The highest BCUT2D eigenvalue weighted by Crippen LogP contribution is 2.40. The second kappa shape index (κ2) is 9.90. The topological polar surface area (TPSA) is 32.3 Å². The molecule has 1 aliphatic rings. The van der Waals surface area contributed by atoms with Crippen LogP contribution in [0.5, 0.6) is 0 Å². The molecule has 0 unspecified atom stereocenters. The number of aryl methyl sites for hydroxylation is 1. The Balaban J connectivity index is 1.73. The minimum absolute atomic E-state index is 0.0467. The van der Waals surface area contributed by atoms with E-state index >= 15 is 0 Å². The molecule has 0 saturated carbocycles. The maximum absolute atomic E-state index is 12.9. The van der Waals surface area contributed by atoms with Crippen molar-refractivity contribution in [1.29, 1.82) is 0 Å².